The number of para-hydroxylation sites is 1. The van der Waals surface area contributed by atoms with Gasteiger partial charge in [0.25, 0.3) is 0 Å². The lowest BCUT2D eigenvalue weighted by Gasteiger charge is -2.15. The third kappa shape index (κ3) is 5.26. The van der Waals surface area contributed by atoms with Crippen LogP contribution in [0.5, 0.6) is 11.5 Å². The monoisotopic (exact) mass is 479 g/mol. The van der Waals surface area contributed by atoms with E-state index in [9.17, 15) is 9.59 Å². The number of methoxy groups -OCH3 is 2. The van der Waals surface area contributed by atoms with Crippen LogP contribution in [0, 0.1) is 6.92 Å². The molecule has 1 saturated heterocycles. The van der Waals surface area contributed by atoms with Gasteiger partial charge in [0.15, 0.2) is 16.7 Å². The second-order valence-corrected chi connectivity index (χ2v) is 8.78. The van der Waals surface area contributed by atoms with E-state index in [0.29, 0.717) is 28.1 Å². The number of aliphatic imine (C=N–C) groups is 1. The minimum absolute atomic E-state index is 0.000703. The zero-order valence-electron chi connectivity index (χ0n) is 19.1. The van der Waals surface area contributed by atoms with Gasteiger partial charge in [-0.25, -0.2) is 4.99 Å². The number of carbonyl (C=O) groups excluding carboxylic acids is 2. The second kappa shape index (κ2) is 10.5. The molecule has 176 valence electrons. The normalized spacial score (nSPS) is 16.7. The number of furan rings is 1. The summed E-state index contributed by atoms with van der Waals surface area (Å²) in [6, 6.07) is 16.4. The molecule has 0 aliphatic carbocycles. The molecular weight excluding hydrogens is 454 g/mol. The Hall–Kier alpha value is -3.72. The van der Waals surface area contributed by atoms with Crippen LogP contribution in [0.1, 0.15) is 17.7 Å². The number of hydrogen-bond acceptors (Lipinski definition) is 7. The third-order valence-electron chi connectivity index (χ3n) is 5.28. The average molecular weight is 480 g/mol. The Morgan fingerprint density at radius 2 is 1.91 bits per heavy atom. The molecule has 4 rings (SSSR count). The van der Waals surface area contributed by atoms with Crippen LogP contribution < -0.4 is 14.8 Å². The molecule has 9 heteroatoms. The van der Waals surface area contributed by atoms with Crippen molar-refractivity contribution in [3.05, 3.63) is 72.2 Å². The van der Waals surface area contributed by atoms with Gasteiger partial charge >= 0.3 is 0 Å². The lowest BCUT2D eigenvalue weighted by atomic mass is 10.2. The number of anilines is 1. The molecule has 1 aliphatic heterocycles. The van der Waals surface area contributed by atoms with Crippen molar-refractivity contribution in [1.29, 1.82) is 0 Å². The molecule has 0 radical (unpaired) electrons. The maximum atomic E-state index is 13.3. The topological polar surface area (TPSA) is 93.4 Å². The average Bonchev–Trinajstić information content (AvgIpc) is 3.45. The predicted octanol–water partition coefficient (Wildman–Crippen LogP) is 4.77. The van der Waals surface area contributed by atoms with E-state index in [2.05, 4.69) is 5.32 Å². The smallest absolute Gasteiger partial charge is 0.243 e. The SMILES string of the molecule is COc1ccc(NC(=O)CC2SC(=Nc3ccccc3C)N(Cc3ccco3)C2=O)cc1OC. The second-order valence-electron chi connectivity index (χ2n) is 7.61. The molecule has 1 unspecified atom stereocenters. The summed E-state index contributed by atoms with van der Waals surface area (Å²) in [5.41, 5.74) is 2.33. The zero-order chi connectivity index (χ0) is 24.1. The van der Waals surface area contributed by atoms with Crippen LogP contribution in [0.25, 0.3) is 0 Å². The number of ether oxygens (including phenoxy) is 2. The first-order chi connectivity index (χ1) is 16.5. The summed E-state index contributed by atoms with van der Waals surface area (Å²) in [4.78, 5) is 32.3. The van der Waals surface area contributed by atoms with Gasteiger partial charge in [0.05, 0.1) is 32.7 Å². The van der Waals surface area contributed by atoms with Crippen LogP contribution >= 0.6 is 11.8 Å². The van der Waals surface area contributed by atoms with Crippen LogP contribution in [0.3, 0.4) is 0 Å². The first-order valence-electron chi connectivity index (χ1n) is 10.6. The van der Waals surface area contributed by atoms with Gasteiger partial charge in [0.1, 0.15) is 11.0 Å². The van der Waals surface area contributed by atoms with Crippen molar-refractivity contribution >= 4 is 40.1 Å². The Kier molecular flexibility index (Phi) is 7.22. The van der Waals surface area contributed by atoms with Crippen molar-refractivity contribution in [3.63, 3.8) is 0 Å². The number of hydrogen-bond donors (Lipinski definition) is 1. The van der Waals surface area contributed by atoms with Crippen LogP contribution in [0.4, 0.5) is 11.4 Å². The Morgan fingerprint density at radius 1 is 1.12 bits per heavy atom. The molecule has 0 spiro atoms. The summed E-state index contributed by atoms with van der Waals surface area (Å²) in [6.45, 7) is 2.21. The molecule has 34 heavy (non-hydrogen) atoms. The van der Waals surface area contributed by atoms with Crippen molar-refractivity contribution in [2.24, 2.45) is 4.99 Å². The number of benzene rings is 2. The standard InChI is InChI=1S/C25H25N3O5S/c1-16-7-4-5-9-19(16)27-25-28(15-18-8-6-12-33-18)24(30)22(34-25)14-23(29)26-17-10-11-20(31-2)21(13-17)32-3/h4-13,22H,14-15H2,1-3H3,(H,26,29). The lowest BCUT2D eigenvalue weighted by molar-refractivity contribution is -0.128. The first-order valence-corrected chi connectivity index (χ1v) is 11.5. The van der Waals surface area contributed by atoms with Gasteiger partial charge in [0.2, 0.25) is 11.8 Å². The van der Waals surface area contributed by atoms with Crippen molar-refractivity contribution in [2.45, 2.75) is 25.1 Å². The van der Waals surface area contributed by atoms with Crippen molar-refractivity contribution in [1.82, 2.24) is 4.90 Å². The van der Waals surface area contributed by atoms with E-state index >= 15 is 0 Å². The molecule has 2 heterocycles. The van der Waals surface area contributed by atoms with Crippen molar-refractivity contribution in [2.75, 3.05) is 19.5 Å². The maximum absolute atomic E-state index is 13.3. The van der Waals surface area contributed by atoms with E-state index in [1.807, 2.05) is 31.2 Å². The molecule has 0 bridgehead atoms. The lowest BCUT2D eigenvalue weighted by Crippen LogP contribution is -2.33. The quantitative estimate of drug-likeness (QED) is 0.500. The number of nitrogens with one attached hydrogen (secondary N) is 1. The van der Waals surface area contributed by atoms with Gasteiger partial charge in [-0.1, -0.05) is 30.0 Å². The molecule has 1 aliphatic rings. The Morgan fingerprint density at radius 3 is 2.62 bits per heavy atom. The minimum atomic E-state index is -0.599. The number of carbonyl (C=O) groups is 2. The Labute approximate surface area is 201 Å². The number of nitrogens with zero attached hydrogens (tertiary/aromatic N) is 2. The Bertz CT molecular complexity index is 1210. The Balaban J connectivity index is 1.52. The van der Waals surface area contributed by atoms with E-state index in [1.54, 1.807) is 48.6 Å². The molecule has 2 amide bonds. The zero-order valence-corrected chi connectivity index (χ0v) is 19.9. The molecular formula is C25H25N3O5S. The summed E-state index contributed by atoms with van der Waals surface area (Å²) in [5, 5.41) is 2.77. The van der Waals surface area contributed by atoms with Crippen molar-refractivity contribution < 1.29 is 23.5 Å². The number of amidine groups is 1. The molecule has 3 aromatic rings. The number of thioether (sulfide) groups is 1. The van der Waals surface area contributed by atoms with Gasteiger partial charge in [-0.2, -0.15) is 0 Å². The van der Waals surface area contributed by atoms with Crippen LogP contribution in [-0.4, -0.2) is 41.4 Å². The number of aryl methyl sites for hydroxylation is 1. The summed E-state index contributed by atoms with van der Waals surface area (Å²) in [5.74, 6) is 1.24. The molecule has 1 aromatic heterocycles. The maximum Gasteiger partial charge on any atom is 0.243 e. The fourth-order valence-corrected chi connectivity index (χ4v) is 4.67. The molecule has 0 saturated carbocycles. The molecule has 1 fully saturated rings. The molecule has 2 aromatic carbocycles. The molecule has 1 N–H and O–H groups in total. The van der Waals surface area contributed by atoms with Gasteiger partial charge in [-0.05, 0) is 42.8 Å². The highest BCUT2D eigenvalue weighted by atomic mass is 32.2. The van der Waals surface area contributed by atoms with Crippen LogP contribution in [0.2, 0.25) is 0 Å². The third-order valence-corrected chi connectivity index (χ3v) is 6.46. The fourth-order valence-electron chi connectivity index (χ4n) is 3.52. The minimum Gasteiger partial charge on any atom is -0.493 e. The van der Waals surface area contributed by atoms with Gasteiger partial charge < -0.3 is 19.2 Å². The van der Waals surface area contributed by atoms with E-state index in [1.165, 1.54) is 18.9 Å². The van der Waals surface area contributed by atoms with Crippen LogP contribution in [-0.2, 0) is 16.1 Å². The first kappa shape index (κ1) is 23.4. The molecule has 8 nitrogen and oxygen atoms in total. The largest absolute Gasteiger partial charge is 0.493 e. The van der Waals surface area contributed by atoms with Crippen molar-refractivity contribution in [3.8, 4) is 11.5 Å². The number of amides is 2. The highest BCUT2D eigenvalue weighted by molar-refractivity contribution is 8.15. The van der Waals surface area contributed by atoms with E-state index in [4.69, 9.17) is 18.9 Å². The summed E-state index contributed by atoms with van der Waals surface area (Å²) in [6.07, 6.45) is 1.56. The molecule has 1 atom stereocenters. The van der Waals surface area contributed by atoms with E-state index in [0.717, 1.165) is 11.3 Å². The summed E-state index contributed by atoms with van der Waals surface area (Å²) < 4.78 is 16.0. The van der Waals surface area contributed by atoms with Crippen LogP contribution in [0.15, 0.2) is 70.3 Å². The highest BCUT2D eigenvalue weighted by Crippen LogP contribution is 2.34. The summed E-state index contributed by atoms with van der Waals surface area (Å²) in [7, 11) is 3.07. The highest BCUT2D eigenvalue weighted by Gasteiger charge is 2.39. The van der Waals surface area contributed by atoms with E-state index in [-0.39, 0.29) is 24.8 Å². The fraction of sp³-hybridized carbons (Fsp3) is 0.240. The number of rotatable bonds is 8. The van der Waals surface area contributed by atoms with Gasteiger partial charge in [0, 0.05) is 18.2 Å². The predicted molar refractivity (Wildman–Crippen MR) is 132 cm³/mol. The van der Waals surface area contributed by atoms with Gasteiger partial charge in [-0.3, -0.25) is 14.5 Å². The summed E-state index contributed by atoms with van der Waals surface area (Å²) >= 11 is 1.28. The van der Waals surface area contributed by atoms with Gasteiger partial charge in [-0.15, -0.1) is 0 Å². The van der Waals surface area contributed by atoms with E-state index < -0.39 is 5.25 Å².